The van der Waals surface area contributed by atoms with Crippen molar-refractivity contribution in [2.24, 2.45) is 0 Å². The summed E-state index contributed by atoms with van der Waals surface area (Å²) in [6.45, 7) is 2.93. The Labute approximate surface area is 122 Å². The molecule has 2 aliphatic heterocycles. The first-order valence-electron chi connectivity index (χ1n) is 6.53. The molecule has 6 nitrogen and oxygen atoms in total. The molecule has 2 saturated heterocycles. The average Bonchev–Trinajstić information content (AvgIpc) is 2.97. The van der Waals surface area contributed by atoms with E-state index in [9.17, 15) is 13.2 Å². The lowest BCUT2D eigenvalue weighted by Crippen LogP contribution is -2.39. The zero-order chi connectivity index (χ0) is 14.5. The SMILES string of the molecule is Cc1nc(CN2C(=O)C[C@@H]3[C@@H]2CCN3S(C)(=O)=O)cs1. The van der Waals surface area contributed by atoms with Crippen LogP contribution in [0.25, 0.3) is 0 Å². The Morgan fingerprint density at radius 1 is 1.45 bits per heavy atom. The third kappa shape index (κ3) is 2.36. The summed E-state index contributed by atoms with van der Waals surface area (Å²) >= 11 is 1.56. The molecule has 0 bridgehead atoms. The number of nitrogens with zero attached hydrogens (tertiary/aromatic N) is 3. The number of aromatic nitrogens is 1. The van der Waals surface area contributed by atoms with Crippen LogP contribution in [-0.4, -0.2) is 53.4 Å². The number of hydrogen-bond donors (Lipinski definition) is 0. The van der Waals surface area contributed by atoms with Gasteiger partial charge in [0.1, 0.15) is 0 Å². The zero-order valence-corrected chi connectivity index (χ0v) is 13.1. The summed E-state index contributed by atoms with van der Waals surface area (Å²) in [4.78, 5) is 18.3. The molecular formula is C12H17N3O3S2. The minimum Gasteiger partial charge on any atom is -0.332 e. The molecule has 1 amide bonds. The first-order chi connectivity index (χ1) is 9.36. The van der Waals surface area contributed by atoms with Gasteiger partial charge in [0, 0.05) is 18.3 Å². The fourth-order valence-corrected chi connectivity index (χ4v) is 4.91. The van der Waals surface area contributed by atoms with Gasteiger partial charge in [-0.15, -0.1) is 11.3 Å². The lowest BCUT2D eigenvalue weighted by Gasteiger charge is -2.23. The van der Waals surface area contributed by atoms with Crippen molar-refractivity contribution in [3.63, 3.8) is 0 Å². The fourth-order valence-electron chi connectivity index (χ4n) is 3.16. The molecule has 2 fully saturated rings. The van der Waals surface area contributed by atoms with E-state index in [1.165, 1.54) is 10.6 Å². The summed E-state index contributed by atoms with van der Waals surface area (Å²) in [5.41, 5.74) is 0.888. The van der Waals surface area contributed by atoms with Crippen molar-refractivity contribution in [3.05, 3.63) is 16.1 Å². The van der Waals surface area contributed by atoms with Crippen LogP contribution >= 0.6 is 11.3 Å². The maximum atomic E-state index is 12.2. The number of likely N-dealkylation sites (tertiary alicyclic amines) is 1. The molecule has 1 aromatic heterocycles. The van der Waals surface area contributed by atoms with Gasteiger partial charge in [0.15, 0.2) is 0 Å². The molecule has 0 unspecified atom stereocenters. The van der Waals surface area contributed by atoms with Crippen LogP contribution in [0.2, 0.25) is 0 Å². The number of fused-ring (bicyclic) bond motifs is 1. The number of carbonyl (C=O) groups is 1. The van der Waals surface area contributed by atoms with E-state index in [0.717, 1.165) is 10.7 Å². The van der Waals surface area contributed by atoms with Gasteiger partial charge in [0.2, 0.25) is 15.9 Å². The monoisotopic (exact) mass is 315 g/mol. The van der Waals surface area contributed by atoms with Gasteiger partial charge in [0.05, 0.1) is 35.6 Å². The molecule has 0 aliphatic carbocycles. The molecular weight excluding hydrogens is 298 g/mol. The molecule has 2 atom stereocenters. The fraction of sp³-hybridized carbons (Fsp3) is 0.667. The first kappa shape index (κ1) is 14.0. The minimum absolute atomic E-state index is 0.000712. The summed E-state index contributed by atoms with van der Waals surface area (Å²) in [5.74, 6) is 0.0269. The molecule has 0 N–H and O–H groups in total. The molecule has 0 saturated carbocycles. The van der Waals surface area contributed by atoms with E-state index in [2.05, 4.69) is 4.98 Å². The van der Waals surface area contributed by atoms with Gasteiger partial charge in [0.25, 0.3) is 0 Å². The predicted molar refractivity (Wildman–Crippen MR) is 75.8 cm³/mol. The Bertz CT molecular complexity index is 640. The molecule has 0 aromatic carbocycles. The zero-order valence-electron chi connectivity index (χ0n) is 11.4. The molecule has 8 heteroatoms. The highest BCUT2D eigenvalue weighted by molar-refractivity contribution is 7.88. The van der Waals surface area contributed by atoms with Crippen molar-refractivity contribution in [2.45, 2.75) is 38.4 Å². The van der Waals surface area contributed by atoms with Gasteiger partial charge < -0.3 is 4.90 Å². The number of hydrogen-bond acceptors (Lipinski definition) is 5. The summed E-state index contributed by atoms with van der Waals surface area (Å²) < 4.78 is 24.9. The van der Waals surface area contributed by atoms with E-state index in [-0.39, 0.29) is 18.0 Å². The van der Waals surface area contributed by atoms with Crippen LogP contribution in [0.15, 0.2) is 5.38 Å². The number of rotatable bonds is 3. The quantitative estimate of drug-likeness (QED) is 0.818. The first-order valence-corrected chi connectivity index (χ1v) is 9.26. The standard InChI is InChI=1S/C12H17N3O3S2/c1-8-13-9(7-19-8)6-14-10-3-4-15(20(2,17)18)11(10)5-12(14)16/h7,10-11H,3-6H2,1-2H3/t10-,11+/m0/s1. The Balaban J connectivity index is 1.80. The normalized spacial score (nSPS) is 27.3. The second kappa shape index (κ2) is 4.78. The van der Waals surface area contributed by atoms with E-state index in [1.807, 2.05) is 12.3 Å². The van der Waals surface area contributed by atoms with Crippen molar-refractivity contribution in [3.8, 4) is 0 Å². The van der Waals surface area contributed by atoms with Crippen LogP contribution in [0.3, 0.4) is 0 Å². The van der Waals surface area contributed by atoms with Gasteiger partial charge in [-0.1, -0.05) is 0 Å². The lowest BCUT2D eigenvalue weighted by atomic mass is 10.1. The van der Waals surface area contributed by atoms with Gasteiger partial charge in [-0.25, -0.2) is 13.4 Å². The van der Waals surface area contributed by atoms with Gasteiger partial charge >= 0.3 is 0 Å². The molecule has 3 heterocycles. The van der Waals surface area contributed by atoms with Crippen LogP contribution < -0.4 is 0 Å². The summed E-state index contributed by atoms with van der Waals surface area (Å²) in [6, 6.07) is -0.198. The van der Waals surface area contributed by atoms with Crippen molar-refractivity contribution < 1.29 is 13.2 Å². The van der Waals surface area contributed by atoms with Crippen LogP contribution in [0.4, 0.5) is 0 Å². The number of carbonyl (C=O) groups excluding carboxylic acids is 1. The number of thiazole rings is 1. The topological polar surface area (TPSA) is 70.6 Å². The Kier molecular flexibility index (Phi) is 3.34. The van der Waals surface area contributed by atoms with E-state index >= 15 is 0 Å². The molecule has 0 radical (unpaired) electrons. The summed E-state index contributed by atoms with van der Waals surface area (Å²) in [5, 5.41) is 2.94. The summed E-state index contributed by atoms with van der Waals surface area (Å²) in [6.07, 6.45) is 2.22. The highest BCUT2D eigenvalue weighted by Crippen LogP contribution is 2.34. The maximum Gasteiger partial charge on any atom is 0.224 e. The van der Waals surface area contributed by atoms with Crippen molar-refractivity contribution in [1.29, 1.82) is 0 Å². The third-order valence-corrected chi connectivity index (χ3v) is 6.12. The number of amides is 1. The molecule has 110 valence electrons. The smallest absolute Gasteiger partial charge is 0.224 e. The van der Waals surface area contributed by atoms with Crippen LogP contribution in [0.1, 0.15) is 23.5 Å². The Hall–Kier alpha value is -0.990. The number of aryl methyl sites for hydroxylation is 1. The second-order valence-corrected chi connectivity index (χ2v) is 8.38. The minimum atomic E-state index is -3.23. The molecule has 0 spiro atoms. The third-order valence-electron chi connectivity index (χ3n) is 3.99. The maximum absolute atomic E-state index is 12.2. The molecule has 20 heavy (non-hydrogen) atoms. The van der Waals surface area contributed by atoms with Gasteiger partial charge in [-0.3, -0.25) is 4.79 Å². The molecule has 2 aliphatic rings. The number of sulfonamides is 1. The van der Waals surface area contributed by atoms with Crippen molar-refractivity contribution in [1.82, 2.24) is 14.2 Å². The van der Waals surface area contributed by atoms with E-state index in [1.54, 1.807) is 16.2 Å². The Morgan fingerprint density at radius 2 is 2.20 bits per heavy atom. The lowest BCUT2D eigenvalue weighted by molar-refractivity contribution is -0.129. The average molecular weight is 315 g/mol. The molecule has 1 aromatic rings. The van der Waals surface area contributed by atoms with E-state index in [0.29, 0.717) is 25.9 Å². The van der Waals surface area contributed by atoms with Gasteiger partial charge in [-0.05, 0) is 13.3 Å². The Morgan fingerprint density at radius 3 is 2.80 bits per heavy atom. The highest BCUT2D eigenvalue weighted by atomic mass is 32.2. The summed E-state index contributed by atoms with van der Waals surface area (Å²) in [7, 11) is -3.23. The highest BCUT2D eigenvalue weighted by Gasteiger charge is 2.49. The van der Waals surface area contributed by atoms with Crippen LogP contribution in [-0.2, 0) is 21.4 Å². The van der Waals surface area contributed by atoms with E-state index < -0.39 is 10.0 Å². The van der Waals surface area contributed by atoms with Crippen LogP contribution in [0, 0.1) is 6.92 Å². The molecule has 3 rings (SSSR count). The van der Waals surface area contributed by atoms with Crippen molar-refractivity contribution >= 4 is 27.3 Å². The predicted octanol–water partition coefficient (Wildman–Crippen LogP) is 0.586. The van der Waals surface area contributed by atoms with Crippen molar-refractivity contribution in [2.75, 3.05) is 12.8 Å². The van der Waals surface area contributed by atoms with Gasteiger partial charge in [-0.2, -0.15) is 4.31 Å². The second-order valence-electron chi connectivity index (χ2n) is 5.38. The largest absolute Gasteiger partial charge is 0.332 e. The van der Waals surface area contributed by atoms with E-state index in [4.69, 9.17) is 0 Å². The van der Waals surface area contributed by atoms with Crippen LogP contribution in [0.5, 0.6) is 0 Å².